The van der Waals surface area contributed by atoms with Gasteiger partial charge in [-0.1, -0.05) is 121 Å². The summed E-state index contributed by atoms with van der Waals surface area (Å²) in [5.41, 5.74) is 9.86. The summed E-state index contributed by atoms with van der Waals surface area (Å²) < 4.78 is 8.95. The van der Waals surface area contributed by atoms with Crippen molar-refractivity contribution >= 4 is 81.3 Å². The third-order valence-corrected chi connectivity index (χ3v) is 10.8. The van der Waals surface area contributed by atoms with E-state index >= 15 is 0 Å². The van der Waals surface area contributed by atoms with Gasteiger partial charge < -0.3 is 9.32 Å². The predicted octanol–water partition coefficient (Wildman–Crippen LogP) is 13.9. The highest BCUT2D eigenvalue weighted by atomic mass is 32.1. The summed E-state index contributed by atoms with van der Waals surface area (Å²) in [4.78, 5) is 2.40. The fraction of sp³-hybridized carbons (Fsp3) is 0. The largest absolute Gasteiger partial charge is 0.456 e. The fourth-order valence-electron chi connectivity index (χ4n) is 7.39. The van der Waals surface area contributed by atoms with Crippen molar-refractivity contribution in [2.75, 3.05) is 4.90 Å². The number of rotatable bonds is 5. The first-order valence-corrected chi connectivity index (χ1v) is 17.4. The summed E-state index contributed by atoms with van der Waals surface area (Å²) in [6.07, 6.45) is 0. The van der Waals surface area contributed by atoms with Crippen molar-refractivity contribution in [3.05, 3.63) is 176 Å². The summed E-state index contributed by atoms with van der Waals surface area (Å²) in [7, 11) is 0. The molecule has 0 aliphatic carbocycles. The number of fused-ring (bicyclic) bond motifs is 7. The average molecular weight is 644 g/mol. The summed E-state index contributed by atoms with van der Waals surface area (Å²) >= 11 is 1.85. The second-order valence-electron chi connectivity index (χ2n) is 12.5. The van der Waals surface area contributed by atoms with E-state index in [0.29, 0.717) is 0 Å². The second kappa shape index (κ2) is 11.2. The van der Waals surface area contributed by atoms with Gasteiger partial charge in [-0.05, 0) is 87.6 Å². The third-order valence-electron chi connectivity index (χ3n) is 9.64. The van der Waals surface area contributed by atoms with Crippen LogP contribution in [0.1, 0.15) is 0 Å². The molecule has 0 spiro atoms. The van der Waals surface area contributed by atoms with Crippen LogP contribution in [0.3, 0.4) is 0 Å². The van der Waals surface area contributed by atoms with Crippen LogP contribution < -0.4 is 4.90 Å². The van der Waals surface area contributed by atoms with Gasteiger partial charge in [0.1, 0.15) is 11.2 Å². The topological polar surface area (TPSA) is 16.4 Å². The average Bonchev–Trinajstić information content (AvgIpc) is 3.73. The van der Waals surface area contributed by atoms with Crippen molar-refractivity contribution in [2.45, 2.75) is 0 Å². The Morgan fingerprint density at radius 1 is 0.408 bits per heavy atom. The molecule has 0 aliphatic heterocycles. The standard InChI is InChI=1S/C46H29NOS/c1-2-17-36-30(11-1)12-9-20-37(36)33-15-7-13-31(27-33)32-14-8-16-34(28-32)47(35-25-26-39-38-18-4-6-24-44(38)49-45(39)29-35)41-21-10-23-43-46(41)40-19-3-5-22-42(40)48-43/h1-29H. The first-order chi connectivity index (χ1) is 24.3. The van der Waals surface area contributed by atoms with Crippen LogP contribution in [0.2, 0.25) is 0 Å². The third kappa shape index (κ3) is 4.62. The lowest BCUT2D eigenvalue weighted by atomic mass is 9.95. The Kier molecular flexibility index (Phi) is 6.39. The summed E-state index contributed by atoms with van der Waals surface area (Å²) in [5, 5.41) is 7.32. The van der Waals surface area contributed by atoms with Crippen LogP contribution in [0.4, 0.5) is 17.1 Å². The molecule has 0 amide bonds. The van der Waals surface area contributed by atoms with Gasteiger partial charge in [0.05, 0.1) is 11.1 Å². The van der Waals surface area contributed by atoms with E-state index in [4.69, 9.17) is 4.42 Å². The van der Waals surface area contributed by atoms with E-state index in [0.717, 1.165) is 44.6 Å². The Balaban J connectivity index is 1.17. The van der Waals surface area contributed by atoms with Crippen molar-refractivity contribution in [1.29, 1.82) is 0 Å². The molecule has 10 rings (SSSR count). The molecule has 230 valence electrons. The van der Waals surface area contributed by atoms with E-state index in [2.05, 4.69) is 175 Å². The molecule has 2 heterocycles. The zero-order chi connectivity index (χ0) is 32.3. The number of nitrogens with zero attached hydrogens (tertiary/aromatic N) is 1. The molecular weight excluding hydrogens is 615 g/mol. The quantitative estimate of drug-likeness (QED) is 0.186. The highest BCUT2D eigenvalue weighted by Gasteiger charge is 2.20. The highest BCUT2D eigenvalue weighted by Crippen LogP contribution is 2.45. The van der Waals surface area contributed by atoms with E-state index in [1.807, 2.05) is 17.4 Å². The van der Waals surface area contributed by atoms with Crippen LogP contribution in [0.25, 0.3) is 75.1 Å². The lowest BCUT2D eigenvalue weighted by Crippen LogP contribution is -2.10. The summed E-state index contributed by atoms with van der Waals surface area (Å²) in [6, 6.07) is 63.3. The van der Waals surface area contributed by atoms with E-state index in [9.17, 15) is 0 Å². The van der Waals surface area contributed by atoms with Crippen LogP contribution in [-0.4, -0.2) is 0 Å². The zero-order valence-corrected chi connectivity index (χ0v) is 27.3. The van der Waals surface area contributed by atoms with Crippen LogP contribution >= 0.6 is 11.3 Å². The van der Waals surface area contributed by atoms with Crippen LogP contribution in [-0.2, 0) is 0 Å². The summed E-state index contributed by atoms with van der Waals surface area (Å²) in [6.45, 7) is 0. The van der Waals surface area contributed by atoms with Gasteiger partial charge >= 0.3 is 0 Å². The van der Waals surface area contributed by atoms with Gasteiger partial charge in [-0.25, -0.2) is 0 Å². The number of hydrogen-bond donors (Lipinski definition) is 0. The SMILES string of the molecule is c1cc(-c2cccc(N(c3ccc4c(c3)sc3ccccc34)c3cccc4oc5ccccc5c34)c2)cc(-c2cccc3ccccc23)c1. The number of para-hydroxylation sites is 1. The van der Waals surface area contributed by atoms with E-state index in [1.54, 1.807) is 0 Å². The summed E-state index contributed by atoms with van der Waals surface area (Å²) in [5.74, 6) is 0. The van der Waals surface area contributed by atoms with Gasteiger partial charge in [0.2, 0.25) is 0 Å². The first-order valence-electron chi connectivity index (χ1n) is 16.6. The normalized spacial score (nSPS) is 11.7. The monoisotopic (exact) mass is 643 g/mol. The molecule has 0 atom stereocenters. The Morgan fingerprint density at radius 3 is 2.00 bits per heavy atom. The van der Waals surface area contributed by atoms with E-state index in [1.165, 1.54) is 47.6 Å². The number of furan rings is 1. The van der Waals surface area contributed by atoms with Gasteiger partial charge in [0.15, 0.2) is 0 Å². The number of hydrogen-bond acceptors (Lipinski definition) is 3. The maximum absolute atomic E-state index is 6.38. The van der Waals surface area contributed by atoms with Gasteiger partial charge in [-0.15, -0.1) is 11.3 Å². The molecule has 10 aromatic rings. The number of benzene rings is 8. The van der Waals surface area contributed by atoms with Crippen LogP contribution in [0, 0.1) is 0 Å². The van der Waals surface area contributed by atoms with Crippen molar-refractivity contribution < 1.29 is 4.42 Å². The zero-order valence-electron chi connectivity index (χ0n) is 26.5. The molecule has 0 radical (unpaired) electrons. The van der Waals surface area contributed by atoms with Crippen molar-refractivity contribution in [1.82, 2.24) is 0 Å². The second-order valence-corrected chi connectivity index (χ2v) is 13.6. The fourth-order valence-corrected chi connectivity index (χ4v) is 8.53. The minimum Gasteiger partial charge on any atom is -0.456 e. The van der Waals surface area contributed by atoms with Crippen molar-refractivity contribution in [2.24, 2.45) is 0 Å². The first kappa shape index (κ1) is 27.9. The molecule has 2 nitrogen and oxygen atoms in total. The van der Waals surface area contributed by atoms with Crippen molar-refractivity contribution in [3.8, 4) is 22.3 Å². The number of anilines is 3. The Hall–Kier alpha value is -6.16. The van der Waals surface area contributed by atoms with Gasteiger partial charge in [-0.2, -0.15) is 0 Å². The lowest BCUT2D eigenvalue weighted by Gasteiger charge is -2.27. The Bertz CT molecular complexity index is 2850. The van der Waals surface area contributed by atoms with E-state index < -0.39 is 0 Å². The predicted molar refractivity (Wildman–Crippen MR) is 210 cm³/mol. The molecule has 0 N–H and O–H groups in total. The number of thiophene rings is 1. The highest BCUT2D eigenvalue weighted by molar-refractivity contribution is 7.25. The minimum atomic E-state index is 0.880. The molecule has 0 fully saturated rings. The minimum absolute atomic E-state index is 0.880. The Labute approximate surface area is 287 Å². The maximum Gasteiger partial charge on any atom is 0.137 e. The van der Waals surface area contributed by atoms with Crippen LogP contribution in [0.5, 0.6) is 0 Å². The molecule has 0 unspecified atom stereocenters. The molecule has 0 saturated heterocycles. The lowest BCUT2D eigenvalue weighted by molar-refractivity contribution is 0.669. The van der Waals surface area contributed by atoms with E-state index in [-0.39, 0.29) is 0 Å². The molecule has 2 aromatic heterocycles. The van der Waals surface area contributed by atoms with Gasteiger partial charge in [-0.3, -0.25) is 0 Å². The van der Waals surface area contributed by atoms with Crippen molar-refractivity contribution in [3.63, 3.8) is 0 Å². The molecule has 0 aliphatic rings. The maximum atomic E-state index is 6.38. The Morgan fingerprint density at radius 2 is 1.06 bits per heavy atom. The molecule has 8 aromatic carbocycles. The molecule has 49 heavy (non-hydrogen) atoms. The molecular formula is C46H29NOS. The molecule has 3 heteroatoms. The molecule has 0 bridgehead atoms. The van der Waals surface area contributed by atoms with Crippen LogP contribution in [0.15, 0.2) is 180 Å². The smallest absolute Gasteiger partial charge is 0.137 e. The van der Waals surface area contributed by atoms with Gasteiger partial charge in [0, 0.05) is 36.9 Å². The molecule has 0 saturated carbocycles. The van der Waals surface area contributed by atoms with Gasteiger partial charge in [0.25, 0.3) is 0 Å².